The lowest BCUT2D eigenvalue weighted by atomic mass is 10.3. The van der Waals surface area contributed by atoms with Gasteiger partial charge in [-0.2, -0.15) is 0 Å². The lowest BCUT2D eigenvalue weighted by molar-refractivity contribution is -0.385. The normalized spacial score (nSPS) is 11.9. The molecular weight excluding hydrogens is 346 g/mol. The van der Waals surface area contributed by atoms with Gasteiger partial charge in [-0.25, -0.2) is 0 Å². The van der Waals surface area contributed by atoms with E-state index in [0.29, 0.717) is 10.2 Å². The molecule has 7 heteroatoms. The van der Waals surface area contributed by atoms with E-state index >= 15 is 0 Å². The Morgan fingerprint density at radius 1 is 1.25 bits per heavy atom. The molecule has 0 bridgehead atoms. The second-order valence-electron chi connectivity index (χ2n) is 3.88. The summed E-state index contributed by atoms with van der Waals surface area (Å²) < 4.78 is 17.8. The van der Waals surface area contributed by atoms with Gasteiger partial charge in [-0.1, -0.05) is 34.1 Å². The summed E-state index contributed by atoms with van der Waals surface area (Å²) in [6.45, 7) is 0. The smallest absolute Gasteiger partial charge is 0.313 e. The van der Waals surface area contributed by atoms with Crippen molar-refractivity contribution in [2.75, 3.05) is 6.26 Å². The van der Waals surface area contributed by atoms with Crippen molar-refractivity contribution in [3.8, 4) is 11.5 Å². The second kappa shape index (κ2) is 6.15. The van der Waals surface area contributed by atoms with Gasteiger partial charge in [0.2, 0.25) is 5.75 Å². The Labute approximate surface area is 126 Å². The van der Waals surface area contributed by atoms with Crippen LogP contribution in [0.5, 0.6) is 11.5 Å². The van der Waals surface area contributed by atoms with Crippen molar-refractivity contribution in [2.45, 2.75) is 4.90 Å². The quantitative estimate of drug-likeness (QED) is 0.616. The first-order valence-corrected chi connectivity index (χ1v) is 7.88. The number of para-hydroxylation sites is 1. The molecule has 0 aliphatic carbocycles. The van der Waals surface area contributed by atoms with Crippen molar-refractivity contribution < 1.29 is 13.9 Å². The summed E-state index contributed by atoms with van der Waals surface area (Å²) in [4.78, 5) is 10.9. The summed E-state index contributed by atoms with van der Waals surface area (Å²) in [6.07, 6.45) is 1.45. The summed E-state index contributed by atoms with van der Waals surface area (Å²) in [5.74, 6) is 0.454. The van der Waals surface area contributed by atoms with Gasteiger partial charge in [0.05, 0.1) is 20.6 Å². The molecule has 0 N–H and O–H groups in total. The SMILES string of the molecule is CS(=O)c1cc(Br)cc([N+](=O)[O-])c1Oc1ccccc1. The monoisotopic (exact) mass is 355 g/mol. The molecule has 104 valence electrons. The van der Waals surface area contributed by atoms with E-state index in [-0.39, 0.29) is 16.3 Å². The highest BCUT2D eigenvalue weighted by Gasteiger charge is 2.23. The van der Waals surface area contributed by atoms with Crippen LogP contribution in [0, 0.1) is 10.1 Å². The fourth-order valence-corrected chi connectivity index (χ4v) is 2.91. The number of nitro benzene ring substituents is 1. The van der Waals surface area contributed by atoms with Gasteiger partial charge in [0.25, 0.3) is 0 Å². The van der Waals surface area contributed by atoms with Gasteiger partial charge in [0, 0.05) is 16.8 Å². The molecule has 2 aromatic rings. The van der Waals surface area contributed by atoms with Crippen LogP contribution in [0.4, 0.5) is 5.69 Å². The van der Waals surface area contributed by atoms with Crippen LogP contribution >= 0.6 is 15.9 Å². The first kappa shape index (κ1) is 14.7. The Balaban J connectivity index is 2.59. The zero-order valence-electron chi connectivity index (χ0n) is 10.4. The van der Waals surface area contributed by atoms with Crippen molar-refractivity contribution >= 4 is 32.4 Å². The highest BCUT2D eigenvalue weighted by Crippen LogP contribution is 2.39. The molecule has 0 saturated heterocycles. The number of halogens is 1. The average molecular weight is 356 g/mol. The summed E-state index contributed by atoms with van der Waals surface area (Å²) in [5, 5.41) is 11.1. The average Bonchev–Trinajstić information content (AvgIpc) is 2.41. The van der Waals surface area contributed by atoms with Crippen LogP contribution < -0.4 is 4.74 Å². The lowest BCUT2D eigenvalue weighted by Crippen LogP contribution is -1.99. The molecule has 0 heterocycles. The van der Waals surface area contributed by atoms with E-state index in [1.54, 1.807) is 30.3 Å². The minimum atomic E-state index is -1.41. The molecule has 0 aliphatic rings. The highest BCUT2D eigenvalue weighted by molar-refractivity contribution is 9.10. The van der Waals surface area contributed by atoms with Gasteiger partial charge >= 0.3 is 5.69 Å². The number of benzene rings is 2. The maximum Gasteiger partial charge on any atom is 0.313 e. The van der Waals surface area contributed by atoms with Gasteiger partial charge in [-0.15, -0.1) is 0 Å². The standard InChI is InChI=1S/C13H10BrNO4S/c1-20(18)12-8-9(14)7-11(15(16)17)13(12)19-10-5-3-2-4-6-10/h2-8H,1H3. The molecule has 5 nitrogen and oxygen atoms in total. The van der Waals surface area contributed by atoms with Crippen molar-refractivity contribution in [1.82, 2.24) is 0 Å². The van der Waals surface area contributed by atoms with Crippen LogP contribution in [0.2, 0.25) is 0 Å². The van der Waals surface area contributed by atoms with E-state index in [2.05, 4.69) is 15.9 Å². The van der Waals surface area contributed by atoms with E-state index < -0.39 is 15.7 Å². The molecule has 0 amide bonds. The van der Waals surface area contributed by atoms with Crippen LogP contribution in [-0.4, -0.2) is 15.4 Å². The van der Waals surface area contributed by atoms with E-state index in [1.807, 2.05) is 6.07 Å². The van der Waals surface area contributed by atoms with Crippen molar-refractivity contribution in [3.05, 3.63) is 57.1 Å². The summed E-state index contributed by atoms with van der Waals surface area (Å²) in [7, 11) is -1.41. The molecule has 2 aromatic carbocycles. The fourth-order valence-electron chi connectivity index (χ4n) is 1.61. The molecule has 20 heavy (non-hydrogen) atoms. The minimum absolute atomic E-state index is 0.00485. The molecule has 0 radical (unpaired) electrons. The predicted molar refractivity (Wildman–Crippen MR) is 79.6 cm³/mol. The Morgan fingerprint density at radius 2 is 1.90 bits per heavy atom. The summed E-state index contributed by atoms with van der Waals surface area (Å²) in [5.41, 5.74) is -0.228. The Morgan fingerprint density at radius 3 is 2.45 bits per heavy atom. The molecule has 2 rings (SSSR count). The highest BCUT2D eigenvalue weighted by atomic mass is 79.9. The Hall–Kier alpha value is -1.73. The molecule has 1 atom stereocenters. The van der Waals surface area contributed by atoms with Gasteiger partial charge < -0.3 is 4.74 Å². The van der Waals surface area contributed by atoms with Crippen LogP contribution in [-0.2, 0) is 10.8 Å². The predicted octanol–water partition coefficient (Wildman–Crippen LogP) is 3.89. The third-order valence-corrected chi connectivity index (χ3v) is 3.85. The summed E-state index contributed by atoms with van der Waals surface area (Å²) in [6, 6.07) is 11.5. The van der Waals surface area contributed by atoms with Gasteiger partial charge in [0.1, 0.15) is 5.75 Å². The fraction of sp³-hybridized carbons (Fsp3) is 0.0769. The first-order chi connectivity index (χ1) is 9.49. The zero-order chi connectivity index (χ0) is 14.7. The molecule has 0 aromatic heterocycles. The lowest BCUT2D eigenvalue weighted by Gasteiger charge is -2.10. The molecular formula is C13H10BrNO4S. The number of hydrogen-bond acceptors (Lipinski definition) is 4. The maximum absolute atomic E-state index is 11.8. The van der Waals surface area contributed by atoms with Crippen molar-refractivity contribution in [2.24, 2.45) is 0 Å². The van der Waals surface area contributed by atoms with Crippen molar-refractivity contribution in [1.29, 1.82) is 0 Å². The molecule has 0 fully saturated rings. The van der Waals surface area contributed by atoms with Crippen LogP contribution in [0.1, 0.15) is 0 Å². The van der Waals surface area contributed by atoms with Gasteiger partial charge in [-0.3, -0.25) is 14.3 Å². The van der Waals surface area contributed by atoms with E-state index in [0.717, 1.165) is 0 Å². The number of hydrogen-bond donors (Lipinski definition) is 0. The minimum Gasteiger partial charge on any atom is -0.449 e. The molecule has 0 saturated carbocycles. The third-order valence-electron chi connectivity index (χ3n) is 2.47. The third kappa shape index (κ3) is 3.23. The maximum atomic E-state index is 11.8. The largest absolute Gasteiger partial charge is 0.449 e. The Bertz CT molecular complexity index is 640. The number of rotatable bonds is 4. The topological polar surface area (TPSA) is 69.4 Å². The van der Waals surface area contributed by atoms with E-state index in [1.165, 1.54) is 12.3 Å². The first-order valence-electron chi connectivity index (χ1n) is 5.53. The van der Waals surface area contributed by atoms with Gasteiger partial charge in [0.15, 0.2) is 0 Å². The van der Waals surface area contributed by atoms with E-state index in [9.17, 15) is 14.3 Å². The molecule has 1 unspecified atom stereocenters. The van der Waals surface area contributed by atoms with Crippen molar-refractivity contribution in [3.63, 3.8) is 0 Å². The molecule has 0 aliphatic heterocycles. The zero-order valence-corrected chi connectivity index (χ0v) is 12.8. The second-order valence-corrected chi connectivity index (χ2v) is 6.14. The number of ether oxygens (including phenoxy) is 1. The Kier molecular flexibility index (Phi) is 4.51. The molecule has 0 spiro atoms. The van der Waals surface area contributed by atoms with Crippen LogP contribution in [0.3, 0.4) is 0 Å². The number of nitro groups is 1. The van der Waals surface area contributed by atoms with Gasteiger partial charge in [-0.05, 0) is 18.2 Å². The number of nitrogens with zero attached hydrogens (tertiary/aromatic N) is 1. The van der Waals surface area contributed by atoms with Crippen LogP contribution in [0.25, 0.3) is 0 Å². The van der Waals surface area contributed by atoms with Crippen LogP contribution in [0.15, 0.2) is 51.8 Å². The van der Waals surface area contributed by atoms with E-state index in [4.69, 9.17) is 4.74 Å². The summed E-state index contributed by atoms with van der Waals surface area (Å²) >= 11 is 3.17.